The van der Waals surface area contributed by atoms with Crippen molar-refractivity contribution in [3.05, 3.63) is 0 Å². The third kappa shape index (κ3) is 5.09. The van der Waals surface area contributed by atoms with Crippen LogP contribution in [0, 0.1) is 0 Å². The van der Waals surface area contributed by atoms with Crippen LogP contribution in [0.4, 0.5) is 0 Å². The van der Waals surface area contributed by atoms with Gasteiger partial charge in [-0.15, -0.1) is 0 Å². The highest BCUT2D eigenvalue weighted by Crippen LogP contribution is 2.36. The molecule has 0 aliphatic carbocycles. The van der Waals surface area contributed by atoms with Gasteiger partial charge >= 0.3 is 0 Å². The van der Waals surface area contributed by atoms with Crippen molar-refractivity contribution in [2.24, 2.45) is 0 Å². The van der Waals surface area contributed by atoms with Crippen LogP contribution >= 0.6 is 0 Å². The summed E-state index contributed by atoms with van der Waals surface area (Å²) in [5.74, 6) is -2.41. The van der Waals surface area contributed by atoms with E-state index in [1.807, 2.05) is 0 Å². The molecule has 0 amide bonds. The number of rotatable bonds is 8. The van der Waals surface area contributed by atoms with Crippen molar-refractivity contribution in [1.82, 2.24) is 0 Å². The third-order valence-corrected chi connectivity index (χ3v) is 6.16. The smallest absolute Gasteiger partial charge is 0.224 e. The van der Waals surface area contributed by atoms with Crippen LogP contribution in [0.2, 0.25) is 0 Å². The van der Waals surface area contributed by atoms with Gasteiger partial charge in [-0.2, -0.15) is 0 Å². The first-order valence-corrected chi connectivity index (χ1v) is 10.6. The van der Waals surface area contributed by atoms with Gasteiger partial charge in [0.15, 0.2) is 12.6 Å². The summed E-state index contributed by atoms with van der Waals surface area (Å²) in [4.78, 5) is 0. The summed E-state index contributed by atoms with van der Waals surface area (Å²) in [5.41, 5.74) is 0. The van der Waals surface area contributed by atoms with Crippen LogP contribution in [-0.2, 0) is 23.7 Å². The van der Waals surface area contributed by atoms with Gasteiger partial charge in [-0.25, -0.2) is 0 Å². The maximum absolute atomic E-state index is 10.5. The Morgan fingerprint density at radius 3 is 1.59 bits per heavy atom. The Morgan fingerprint density at radius 2 is 1.09 bits per heavy atom. The molecule has 16 nitrogen and oxygen atoms in total. The summed E-state index contributed by atoms with van der Waals surface area (Å²) in [5, 5.41) is 109. The van der Waals surface area contributed by atoms with E-state index in [-0.39, 0.29) is 0 Å². The van der Waals surface area contributed by atoms with Crippen LogP contribution in [0.15, 0.2) is 0 Å². The monoisotopic (exact) mass is 504 g/mol. The maximum Gasteiger partial charge on any atom is 0.224 e. The van der Waals surface area contributed by atoms with E-state index in [1.54, 1.807) is 0 Å². The van der Waals surface area contributed by atoms with Gasteiger partial charge in [-0.3, -0.25) is 0 Å². The second-order valence-corrected chi connectivity index (χ2v) is 8.41. The van der Waals surface area contributed by atoms with Crippen molar-refractivity contribution >= 4 is 0 Å². The van der Waals surface area contributed by atoms with Crippen LogP contribution in [0.3, 0.4) is 0 Å². The number of hydrogen-bond donors (Lipinski definition) is 11. The van der Waals surface area contributed by atoms with E-state index in [0.717, 1.165) is 0 Å². The quantitative estimate of drug-likeness (QED) is 0.146. The number of ether oxygens (including phenoxy) is 5. The minimum absolute atomic E-state index is 0.610. The average molecular weight is 504 g/mol. The molecular weight excluding hydrogens is 472 g/mol. The molecule has 0 saturated carbocycles. The zero-order chi connectivity index (χ0) is 25.4. The molecule has 200 valence electrons. The van der Waals surface area contributed by atoms with E-state index in [9.17, 15) is 56.2 Å². The van der Waals surface area contributed by atoms with E-state index < -0.39 is 112 Å². The Morgan fingerprint density at radius 1 is 0.588 bits per heavy atom. The fourth-order valence-electron chi connectivity index (χ4n) is 4.01. The minimum atomic E-state index is -2.41. The SMILES string of the molecule is OCC1OC(OCC2OC(CO)(OC3OC(CO)C(O)C(O)C3O)C(O)C2O)C(O)C(O)C1O. The molecule has 3 aliphatic rings. The van der Waals surface area contributed by atoms with Gasteiger partial charge in [0.2, 0.25) is 5.79 Å². The summed E-state index contributed by atoms with van der Waals surface area (Å²) >= 11 is 0. The number of aliphatic hydroxyl groups is 11. The zero-order valence-electron chi connectivity index (χ0n) is 17.8. The fourth-order valence-corrected chi connectivity index (χ4v) is 4.01. The molecule has 34 heavy (non-hydrogen) atoms. The molecule has 3 heterocycles. The first-order valence-electron chi connectivity index (χ1n) is 10.6. The van der Waals surface area contributed by atoms with Crippen LogP contribution < -0.4 is 0 Å². The molecular formula is C18H32O16. The molecule has 0 aromatic rings. The van der Waals surface area contributed by atoms with Crippen LogP contribution in [0.1, 0.15) is 0 Å². The Hall–Kier alpha value is -0.640. The lowest BCUT2D eigenvalue weighted by atomic mass is 9.99. The molecule has 11 N–H and O–H groups in total. The predicted molar refractivity (Wildman–Crippen MR) is 101 cm³/mol. The molecule has 3 aliphatic heterocycles. The topological polar surface area (TPSA) is 269 Å². The predicted octanol–water partition coefficient (Wildman–Crippen LogP) is -7.57. The minimum Gasteiger partial charge on any atom is -0.394 e. The van der Waals surface area contributed by atoms with Crippen LogP contribution in [-0.4, -0.2) is 168 Å². The Labute approximate surface area is 192 Å². The molecule has 3 saturated heterocycles. The van der Waals surface area contributed by atoms with Gasteiger partial charge in [0.05, 0.1) is 19.8 Å². The van der Waals surface area contributed by atoms with Gasteiger partial charge in [0.25, 0.3) is 0 Å². The van der Waals surface area contributed by atoms with E-state index in [0.29, 0.717) is 0 Å². The second kappa shape index (κ2) is 11.2. The normalized spacial score (nSPS) is 52.1. The molecule has 0 aromatic heterocycles. The van der Waals surface area contributed by atoms with Gasteiger partial charge in [0, 0.05) is 0 Å². The zero-order valence-corrected chi connectivity index (χ0v) is 17.8. The summed E-state index contributed by atoms with van der Waals surface area (Å²) in [6.07, 6.45) is -21.6. The van der Waals surface area contributed by atoms with E-state index >= 15 is 0 Å². The highest BCUT2D eigenvalue weighted by molar-refractivity contribution is 4.99. The summed E-state index contributed by atoms with van der Waals surface area (Å²) in [7, 11) is 0. The largest absolute Gasteiger partial charge is 0.394 e. The average Bonchev–Trinajstić information content (AvgIpc) is 3.07. The lowest BCUT2D eigenvalue weighted by Crippen LogP contribution is -2.62. The molecule has 0 bridgehead atoms. The highest BCUT2D eigenvalue weighted by Gasteiger charge is 2.59. The summed E-state index contributed by atoms with van der Waals surface area (Å²) in [6.45, 7) is -3.16. The fraction of sp³-hybridized carbons (Fsp3) is 1.00. The van der Waals surface area contributed by atoms with Gasteiger partial charge in [-0.1, -0.05) is 0 Å². The lowest BCUT2D eigenvalue weighted by Gasteiger charge is -2.43. The number of hydrogen-bond acceptors (Lipinski definition) is 16. The Kier molecular flexibility index (Phi) is 9.18. The molecule has 16 heteroatoms. The van der Waals surface area contributed by atoms with Crippen LogP contribution in [0.25, 0.3) is 0 Å². The standard InChI is InChI=1S/C18H32O16/c19-1-5-8(22)11(25)13(27)16(31-5)30-3-7-10(24)15(29)18(4-21,33-7)34-17-14(28)12(26)9(23)6(2-20)32-17/h5-17,19-29H,1-4H2. The third-order valence-electron chi connectivity index (χ3n) is 6.16. The summed E-state index contributed by atoms with van der Waals surface area (Å²) in [6, 6.07) is 0. The first kappa shape index (κ1) is 27.9. The highest BCUT2D eigenvalue weighted by atomic mass is 16.8. The first-order chi connectivity index (χ1) is 16.0. The van der Waals surface area contributed by atoms with Gasteiger partial charge in [-0.05, 0) is 0 Å². The van der Waals surface area contributed by atoms with Crippen molar-refractivity contribution < 1.29 is 79.9 Å². The van der Waals surface area contributed by atoms with Gasteiger partial charge in [0.1, 0.15) is 73.8 Å². The Balaban J connectivity index is 1.67. The molecule has 0 radical (unpaired) electrons. The molecule has 0 aromatic carbocycles. The summed E-state index contributed by atoms with van der Waals surface area (Å²) < 4.78 is 26.4. The van der Waals surface area contributed by atoms with Crippen molar-refractivity contribution in [2.45, 2.75) is 85.5 Å². The van der Waals surface area contributed by atoms with E-state index in [1.165, 1.54) is 0 Å². The van der Waals surface area contributed by atoms with E-state index in [4.69, 9.17) is 23.7 Å². The van der Waals surface area contributed by atoms with Gasteiger partial charge < -0.3 is 79.9 Å². The molecule has 14 unspecified atom stereocenters. The lowest BCUT2D eigenvalue weighted by molar-refractivity contribution is -0.385. The molecule has 3 fully saturated rings. The maximum atomic E-state index is 10.5. The van der Waals surface area contributed by atoms with Crippen molar-refractivity contribution in [3.8, 4) is 0 Å². The second-order valence-electron chi connectivity index (χ2n) is 8.41. The van der Waals surface area contributed by atoms with Crippen molar-refractivity contribution in [2.75, 3.05) is 26.4 Å². The molecule has 3 rings (SSSR count). The van der Waals surface area contributed by atoms with Crippen molar-refractivity contribution in [3.63, 3.8) is 0 Å². The van der Waals surface area contributed by atoms with Crippen molar-refractivity contribution in [1.29, 1.82) is 0 Å². The number of aliphatic hydroxyl groups excluding tert-OH is 11. The van der Waals surface area contributed by atoms with E-state index in [2.05, 4.69) is 0 Å². The molecule has 14 atom stereocenters. The molecule has 0 spiro atoms. The van der Waals surface area contributed by atoms with Crippen LogP contribution in [0.5, 0.6) is 0 Å². The Bertz CT molecular complexity index is 651.